The molecule has 4 heteroatoms. The Morgan fingerprint density at radius 3 is 2.85 bits per heavy atom. The normalized spacial score (nSPS) is 11.1. The van der Waals surface area contributed by atoms with Crippen molar-refractivity contribution in [3.63, 3.8) is 0 Å². The van der Waals surface area contributed by atoms with Gasteiger partial charge in [-0.3, -0.25) is 9.58 Å². The minimum Gasteiger partial charge on any atom is -0.297 e. The summed E-state index contributed by atoms with van der Waals surface area (Å²) in [6, 6.07) is 2.04. The molecule has 0 radical (unpaired) electrons. The van der Waals surface area contributed by atoms with Crippen LogP contribution in [-0.2, 0) is 13.6 Å². The predicted octanol–water partition coefficient (Wildman–Crippen LogP) is 1.48. The fraction of sp³-hybridized carbons (Fsp3) is 0.667. The molecule has 0 N–H and O–H groups in total. The lowest BCUT2D eigenvalue weighted by Gasteiger charge is -2.17. The zero-order valence-corrected chi connectivity index (χ0v) is 8.96. The first-order valence-electron chi connectivity index (χ1n) is 4.53. The van der Waals surface area contributed by atoms with Crippen LogP contribution in [0.2, 0.25) is 0 Å². The van der Waals surface area contributed by atoms with Gasteiger partial charge in [-0.2, -0.15) is 5.10 Å². The third-order valence-corrected chi connectivity index (χ3v) is 2.17. The van der Waals surface area contributed by atoms with Gasteiger partial charge in [0.2, 0.25) is 0 Å². The van der Waals surface area contributed by atoms with E-state index in [1.807, 2.05) is 24.0 Å². The van der Waals surface area contributed by atoms with E-state index in [9.17, 15) is 0 Å². The van der Waals surface area contributed by atoms with Crippen molar-refractivity contribution in [1.82, 2.24) is 14.7 Å². The van der Waals surface area contributed by atoms with E-state index >= 15 is 0 Å². The summed E-state index contributed by atoms with van der Waals surface area (Å²) < 4.78 is 1.82. The maximum absolute atomic E-state index is 5.68. The van der Waals surface area contributed by atoms with Crippen molar-refractivity contribution >= 4 is 11.6 Å². The summed E-state index contributed by atoms with van der Waals surface area (Å²) in [5.41, 5.74) is 1.11. The molecule has 1 heterocycles. The number of hydrogen-bond acceptors (Lipinski definition) is 2. The molecule has 0 aromatic carbocycles. The average molecular weight is 202 g/mol. The Bertz CT molecular complexity index is 247. The lowest BCUT2D eigenvalue weighted by atomic mass is 10.4. The van der Waals surface area contributed by atoms with Crippen LogP contribution in [-0.4, -0.2) is 33.6 Å². The standard InChI is InChI=1S/C9H16ClN3/c1-3-13(7-5-10)8-9-4-6-12(2)11-9/h4,6H,3,5,7-8H2,1-2H3. The van der Waals surface area contributed by atoms with E-state index in [0.717, 1.165) is 25.3 Å². The van der Waals surface area contributed by atoms with E-state index in [4.69, 9.17) is 11.6 Å². The van der Waals surface area contributed by atoms with Crippen LogP contribution in [0, 0.1) is 0 Å². The van der Waals surface area contributed by atoms with Gasteiger partial charge in [0.1, 0.15) is 0 Å². The average Bonchev–Trinajstić information content (AvgIpc) is 2.50. The van der Waals surface area contributed by atoms with Gasteiger partial charge in [-0.15, -0.1) is 11.6 Å². The fourth-order valence-corrected chi connectivity index (χ4v) is 1.48. The second kappa shape index (κ2) is 5.25. The molecule has 0 atom stereocenters. The van der Waals surface area contributed by atoms with Crippen LogP contribution in [0.3, 0.4) is 0 Å². The van der Waals surface area contributed by atoms with Gasteiger partial charge >= 0.3 is 0 Å². The third kappa shape index (κ3) is 3.36. The first kappa shape index (κ1) is 10.5. The van der Waals surface area contributed by atoms with Crippen LogP contribution in [0.1, 0.15) is 12.6 Å². The second-order valence-electron chi connectivity index (χ2n) is 3.04. The molecule has 1 rings (SSSR count). The quantitative estimate of drug-likeness (QED) is 0.673. The van der Waals surface area contributed by atoms with Crippen LogP contribution >= 0.6 is 11.6 Å². The second-order valence-corrected chi connectivity index (χ2v) is 3.42. The molecule has 0 fully saturated rings. The Hall–Kier alpha value is -0.540. The van der Waals surface area contributed by atoms with Gasteiger partial charge in [-0.1, -0.05) is 6.92 Å². The van der Waals surface area contributed by atoms with Crippen molar-refractivity contribution in [1.29, 1.82) is 0 Å². The van der Waals surface area contributed by atoms with Crippen molar-refractivity contribution in [3.8, 4) is 0 Å². The maximum Gasteiger partial charge on any atom is 0.0764 e. The van der Waals surface area contributed by atoms with Crippen LogP contribution in [0.4, 0.5) is 0 Å². The van der Waals surface area contributed by atoms with E-state index in [1.54, 1.807) is 0 Å². The molecule has 0 saturated carbocycles. The summed E-state index contributed by atoms with van der Waals surface area (Å²) in [5, 5.41) is 4.31. The zero-order chi connectivity index (χ0) is 9.68. The van der Waals surface area contributed by atoms with Crippen molar-refractivity contribution in [2.24, 2.45) is 7.05 Å². The van der Waals surface area contributed by atoms with Gasteiger partial charge in [0.15, 0.2) is 0 Å². The molecule has 1 aromatic rings. The fourth-order valence-electron chi connectivity index (χ4n) is 1.25. The van der Waals surface area contributed by atoms with E-state index in [-0.39, 0.29) is 0 Å². The smallest absolute Gasteiger partial charge is 0.0764 e. The molecular formula is C9H16ClN3. The highest BCUT2D eigenvalue weighted by Gasteiger charge is 2.04. The molecule has 0 aliphatic carbocycles. The van der Waals surface area contributed by atoms with Gasteiger partial charge in [0, 0.05) is 32.2 Å². The number of hydrogen-bond donors (Lipinski definition) is 0. The Labute approximate surface area is 84.3 Å². The van der Waals surface area contributed by atoms with E-state index in [2.05, 4.69) is 16.9 Å². The van der Waals surface area contributed by atoms with Gasteiger partial charge in [0.25, 0.3) is 0 Å². The van der Waals surface area contributed by atoms with Gasteiger partial charge in [0.05, 0.1) is 5.69 Å². The minimum atomic E-state index is 0.681. The molecule has 3 nitrogen and oxygen atoms in total. The molecule has 0 unspecified atom stereocenters. The molecule has 0 aliphatic heterocycles. The molecule has 0 bridgehead atoms. The van der Waals surface area contributed by atoms with Crippen molar-refractivity contribution < 1.29 is 0 Å². The number of rotatable bonds is 5. The predicted molar refractivity (Wildman–Crippen MR) is 54.9 cm³/mol. The summed E-state index contributed by atoms with van der Waals surface area (Å²) in [6.45, 7) is 4.97. The summed E-state index contributed by atoms with van der Waals surface area (Å²) in [7, 11) is 1.93. The summed E-state index contributed by atoms with van der Waals surface area (Å²) in [4.78, 5) is 2.27. The summed E-state index contributed by atoms with van der Waals surface area (Å²) in [5.74, 6) is 0.681. The Kier molecular flexibility index (Phi) is 4.25. The Balaban J connectivity index is 2.46. The van der Waals surface area contributed by atoms with Crippen LogP contribution in [0.25, 0.3) is 0 Å². The number of aryl methyl sites for hydroxylation is 1. The molecule has 13 heavy (non-hydrogen) atoms. The zero-order valence-electron chi connectivity index (χ0n) is 8.20. The van der Waals surface area contributed by atoms with Gasteiger partial charge in [-0.05, 0) is 12.6 Å². The first-order valence-corrected chi connectivity index (χ1v) is 5.06. The highest BCUT2D eigenvalue weighted by molar-refractivity contribution is 6.18. The molecule has 0 saturated heterocycles. The molecular weight excluding hydrogens is 186 g/mol. The summed E-state index contributed by atoms with van der Waals surface area (Å²) >= 11 is 5.68. The van der Waals surface area contributed by atoms with Crippen LogP contribution in [0.15, 0.2) is 12.3 Å². The number of nitrogens with zero attached hydrogens (tertiary/aromatic N) is 3. The van der Waals surface area contributed by atoms with E-state index in [0.29, 0.717) is 5.88 Å². The van der Waals surface area contributed by atoms with E-state index < -0.39 is 0 Å². The topological polar surface area (TPSA) is 21.1 Å². The molecule has 0 amide bonds. The lowest BCUT2D eigenvalue weighted by Crippen LogP contribution is -2.25. The highest BCUT2D eigenvalue weighted by atomic mass is 35.5. The monoisotopic (exact) mass is 201 g/mol. The Morgan fingerprint density at radius 1 is 1.62 bits per heavy atom. The molecule has 74 valence electrons. The van der Waals surface area contributed by atoms with Crippen molar-refractivity contribution in [3.05, 3.63) is 18.0 Å². The molecule has 0 aliphatic rings. The van der Waals surface area contributed by atoms with Crippen molar-refractivity contribution in [2.45, 2.75) is 13.5 Å². The third-order valence-electron chi connectivity index (χ3n) is 2.00. The van der Waals surface area contributed by atoms with Crippen molar-refractivity contribution in [2.75, 3.05) is 19.0 Å². The van der Waals surface area contributed by atoms with E-state index in [1.165, 1.54) is 0 Å². The molecule has 1 aromatic heterocycles. The number of aromatic nitrogens is 2. The number of halogens is 1. The summed E-state index contributed by atoms with van der Waals surface area (Å²) in [6.07, 6.45) is 1.96. The first-order chi connectivity index (χ1) is 6.26. The largest absolute Gasteiger partial charge is 0.297 e. The van der Waals surface area contributed by atoms with Crippen LogP contribution < -0.4 is 0 Å². The highest BCUT2D eigenvalue weighted by Crippen LogP contribution is 2.01. The SMILES string of the molecule is CCN(CCCl)Cc1ccn(C)n1. The minimum absolute atomic E-state index is 0.681. The Morgan fingerprint density at radius 2 is 2.38 bits per heavy atom. The van der Waals surface area contributed by atoms with Crippen LogP contribution in [0.5, 0.6) is 0 Å². The number of alkyl halides is 1. The lowest BCUT2D eigenvalue weighted by molar-refractivity contribution is 0.293. The van der Waals surface area contributed by atoms with Gasteiger partial charge in [-0.25, -0.2) is 0 Å². The van der Waals surface area contributed by atoms with Gasteiger partial charge < -0.3 is 0 Å². The molecule has 0 spiro atoms. The maximum atomic E-state index is 5.68.